The van der Waals surface area contributed by atoms with Crippen molar-refractivity contribution in [2.45, 2.75) is 45.1 Å². The highest BCUT2D eigenvalue weighted by molar-refractivity contribution is 5.96. The monoisotopic (exact) mass is 330 g/mol. The van der Waals surface area contributed by atoms with Gasteiger partial charge in [-0.05, 0) is 49.3 Å². The Morgan fingerprint density at radius 1 is 1.21 bits per heavy atom. The van der Waals surface area contributed by atoms with Crippen LogP contribution in [0.1, 0.15) is 49.4 Å². The molecule has 1 aromatic carbocycles. The number of amides is 2. The zero-order chi connectivity index (χ0) is 17.1. The second-order valence-electron chi connectivity index (χ2n) is 6.98. The summed E-state index contributed by atoms with van der Waals surface area (Å²) >= 11 is 0. The van der Waals surface area contributed by atoms with Crippen LogP contribution in [0.4, 0.5) is 10.5 Å². The fourth-order valence-corrected chi connectivity index (χ4v) is 4.23. The van der Waals surface area contributed by atoms with Gasteiger partial charge in [0.2, 0.25) is 0 Å². The molecule has 1 aliphatic heterocycles. The zero-order valence-electron chi connectivity index (χ0n) is 14.5. The lowest BCUT2D eigenvalue weighted by molar-refractivity contribution is 0.0218. The normalized spacial score (nSPS) is 26.4. The number of anilines is 1. The van der Waals surface area contributed by atoms with E-state index in [1.54, 1.807) is 18.2 Å². The molecule has 1 aliphatic carbocycles. The molecule has 130 valence electrons. The van der Waals surface area contributed by atoms with E-state index in [9.17, 15) is 9.59 Å². The van der Waals surface area contributed by atoms with Crippen molar-refractivity contribution in [1.82, 2.24) is 4.90 Å². The summed E-state index contributed by atoms with van der Waals surface area (Å²) in [5.41, 5.74) is 1.21. The highest BCUT2D eigenvalue weighted by atomic mass is 16.5. The van der Waals surface area contributed by atoms with Crippen LogP contribution in [0.15, 0.2) is 24.3 Å². The summed E-state index contributed by atoms with van der Waals surface area (Å²) in [5, 5.41) is 2.62. The van der Waals surface area contributed by atoms with E-state index >= 15 is 0 Å². The lowest BCUT2D eigenvalue weighted by atomic mass is 9.72. The first-order valence-corrected chi connectivity index (χ1v) is 8.86. The number of piperidine rings is 1. The van der Waals surface area contributed by atoms with Gasteiger partial charge in [0.25, 0.3) is 5.91 Å². The summed E-state index contributed by atoms with van der Waals surface area (Å²) in [5.74, 6) is 1.41. The Kier molecular flexibility index (Phi) is 5.07. The number of nitrogens with zero attached hydrogens (tertiary/aromatic N) is 1. The Bertz CT molecular complexity index is 616. The number of hydrogen-bond donors (Lipinski definition) is 1. The molecule has 0 radical (unpaired) electrons. The summed E-state index contributed by atoms with van der Waals surface area (Å²) in [6.07, 6.45) is 5.39. The van der Waals surface area contributed by atoms with Gasteiger partial charge in [-0.15, -0.1) is 0 Å². The first kappa shape index (κ1) is 16.8. The highest BCUT2D eigenvalue weighted by Crippen LogP contribution is 2.39. The minimum absolute atomic E-state index is 0.0762. The topological polar surface area (TPSA) is 58.6 Å². The van der Waals surface area contributed by atoms with Crippen molar-refractivity contribution in [2.75, 3.05) is 19.0 Å². The molecular weight excluding hydrogens is 304 g/mol. The van der Waals surface area contributed by atoms with E-state index in [-0.39, 0.29) is 5.91 Å². The van der Waals surface area contributed by atoms with Crippen LogP contribution < -0.4 is 5.32 Å². The van der Waals surface area contributed by atoms with Gasteiger partial charge < -0.3 is 9.64 Å². The summed E-state index contributed by atoms with van der Waals surface area (Å²) < 4.78 is 4.61. The number of nitrogens with one attached hydrogen (secondary N) is 1. The fraction of sp³-hybridized carbons (Fsp3) is 0.579. The predicted molar refractivity (Wildman–Crippen MR) is 93.0 cm³/mol. The lowest BCUT2D eigenvalue weighted by Gasteiger charge is -2.47. The molecular formula is C19H26N2O3. The Labute approximate surface area is 143 Å². The Balaban J connectivity index is 1.78. The maximum Gasteiger partial charge on any atom is 0.411 e. The van der Waals surface area contributed by atoms with Crippen LogP contribution in [-0.2, 0) is 4.74 Å². The Morgan fingerprint density at radius 3 is 2.79 bits per heavy atom. The van der Waals surface area contributed by atoms with E-state index in [4.69, 9.17) is 0 Å². The van der Waals surface area contributed by atoms with Crippen LogP contribution in [-0.4, -0.2) is 36.6 Å². The molecule has 1 N–H and O–H groups in total. The molecule has 0 unspecified atom stereocenters. The number of hydrogen-bond acceptors (Lipinski definition) is 3. The van der Waals surface area contributed by atoms with Crippen molar-refractivity contribution in [2.24, 2.45) is 11.8 Å². The van der Waals surface area contributed by atoms with E-state index < -0.39 is 6.09 Å². The van der Waals surface area contributed by atoms with Gasteiger partial charge in [-0.1, -0.05) is 25.8 Å². The van der Waals surface area contributed by atoms with Crippen molar-refractivity contribution in [3.05, 3.63) is 29.8 Å². The first-order chi connectivity index (χ1) is 11.6. The minimum atomic E-state index is -0.529. The van der Waals surface area contributed by atoms with Crippen LogP contribution in [0.25, 0.3) is 0 Å². The fourth-order valence-electron chi connectivity index (χ4n) is 4.23. The van der Waals surface area contributed by atoms with Gasteiger partial charge in [0.05, 0.1) is 7.11 Å². The summed E-state index contributed by atoms with van der Waals surface area (Å²) in [6.45, 7) is 3.15. The molecule has 2 aliphatic rings. The molecule has 1 heterocycles. The van der Waals surface area contributed by atoms with Gasteiger partial charge >= 0.3 is 6.09 Å². The molecule has 2 amide bonds. The number of carbonyl (C=O) groups is 2. The number of carbonyl (C=O) groups excluding carboxylic acids is 2. The zero-order valence-corrected chi connectivity index (χ0v) is 14.5. The molecule has 5 heteroatoms. The van der Waals surface area contributed by atoms with Crippen molar-refractivity contribution >= 4 is 17.7 Å². The van der Waals surface area contributed by atoms with Crippen molar-refractivity contribution in [3.8, 4) is 0 Å². The molecule has 0 aromatic heterocycles. The second-order valence-corrected chi connectivity index (χ2v) is 6.98. The maximum absolute atomic E-state index is 13.1. The third kappa shape index (κ3) is 3.40. The summed E-state index contributed by atoms with van der Waals surface area (Å²) in [4.78, 5) is 26.5. The molecule has 3 rings (SSSR count). The highest BCUT2D eigenvalue weighted by Gasteiger charge is 2.39. The molecule has 3 atom stereocenters. The van der Waals surface area contributed by atoms with Gasteiger partial charge in [-0.25, -0.2) is 4.79 Å². The maximum atomic E-state index is 13.1. The SMILES string of the molecule is COC(=O)Nc1cccc(C(=O)N2CC[C@H](C)[C@H]3CCCC[C@H]32)c1. The van der Waals surface area contributed by atoms with Gasteiger partial charge in [0.1, 0.15) is 0 Å². The molecule has 1 aromatic rings. The van der Waals surface area contributed by atoms with E-state index in [1.807, 2.05) is 6.07 Å². The Morgan fingerprint density at radius 2 is 2.00 bits per heavy atom. The van der Waals surface area contributed by atoms with E-state index in [2.05, 4.69) is 21.9 Å². The van der Waals surface area contributed by atoms with Crippen molar-refractivity contribution in [3.63, 3.8) is 0 Å². The van der Waals surface area contributed by atoms with Crippen LogP contribution >= 0.6 is 0 Å². The van der Waals surface area contributed by atoms with Crippen LogP contribution in [0, 0.1) is 11.8 Å². The van der Waals surface area contributed by atoms with Gasteiger partial charge in [-0.2, -0.15) is 0 Å². The van der Waals surface area contributed by atoms with E-state index in [0.29, 0.717) is 29.1 Å². The third-order valence-electron chi connectivity index (χ3n) is 5.54. The standard InChI is InChI=1S/C19H26N2O3/c1-13-10-11-21(17-9-4-3-8-16(13)17)18(22)14-6-5-7-15(12-14)20-19(23)24-2/h5-7,12-13,16-17H,3-4,8-11H2,1-2H3,(H,20,23)/t13-,16+,17+/m0/s1. The third-order valence-corrected chi connectivity index (χ3v) is 5.54. The summed E-state index contributed by atoms with van der Waals surface area (Å²) in [6, 6.07) is 7.47. The number of rotatable bonds is 2. The van der Waals surface area contributed by atoms with Crippen LogP contribution in [0.2, 0.25) is 0 Å². The molecule has 1 saturated heterocycles. The molecule has 5 nitrogen and oxygen atoms in total. The molecule has 24 heavy (non-hydrogen) atoms. The molecule has 0 spiro atoms. The van der Waals surface area contributed by atoms with E-state index in [1.165, 1.54) is 26.4 Å². The predicted octanol–water partition coefficient (Wildman–Crippen LogP) is 3.91. The average Bonchev–Trinajstić information content (AvgIpc) is 2.62. The van der Waals surface area contributed by atoms with Gasteiger partial charge in [0.15, 0.2) is 0 Å². The quantitative estimate of drug-likeness (QED) is 0.894. The largest absolute Gasteiger partial charge is 0.453 e. The average molecular weight is 330 g/mol. The number of fused-ring (bicyclic) bond motifs is 1. The molecule has 1 saturated carbocycles. The lowest BCUT2D eigenvalue weighted by Crippen LogP contribution is -2.52. The minimum Gasteiger partial charge on any atom is -0.453 e. The number of benzene rings is 1. The van der Waals surface area contributed by atoms with Crippen LogP contribution in [0.3, 0.4) is 0 Å². The molecule has 2 fully saturated rings. The number of methoxy groups -OCH3 is 1. The van der Waals surface area contributed by atoms with Crippen molar-refractivity contribution < 1.29 is 14.3 Å². The van der Waals surface area contributed by atoms with Gasteiger partial charge in [-0.3, -0.25) is 10.1 Å². The molecule has 0 bridgehead atoms. The van der Waals surface area contributed by atoms with Crippen LogP contribution in [0.5, 0.6) is 0 Å². The van der Waals surface area contributed by atoms with E-state index in [0.717, 1.165) is 19.4 Å². The number of likely N-dealkylation sites (tertiary alicyclic amines) is 1. The summed E-state index contributed by atoms with van der Waals surface area (Å²) in [7, 11) is 1.32. The second kappa shape index (κ2) is 7.24. The van der Waals surface area contributed by atoms with Crippen molar-refractivity contribution in [1.29, 1.82) is 0 Å². The smallest absolute Gasteiger partial charge is 0.411 e. The van der Waals surface area contributed by atoms with Gasteiger partial charge in [0, 0.05) is 23.8 Å². The first-order valence-electron chi connectivity index (χ1n) is 8.86. The Hall–Kier alpha value is -2.04. The number of ether oxygens (including phenoxy) is 1.